The Morgan fingerprint density at radius 3 is 2.43 bits per heavy atom. The zero-order chi connectivity index (χ0) is 15.8. The van der Waals surface area contributed by atoms with Gasteiger partial charge in [-0.2, -0.15) is 0 Å². The summed E-state index contributed by atoms with van der Waals surface area (Å²) in [6, 6.07) is 0. The molecular formula is C16H24N2O3. The van der Waals surface area contributed by atoms with Crippen LogP contribution in [-0.2, 0) is 9.53 Å². The molecule has 1 aliphatic carbocycles. The van der Waals surface area contributed by atoms with Crippen molar-refractivity contribution in [3.05, 3.63) is 17.6 Å². The average Bonchev–Trinajstić information content (AvgIpc) is 3.09. The van der Waals surface area contributed by atoms with Crippen molar-refractivity contribution < 1.29 is 14.3 Å². The first kappa shape index (κ1) is 15.6. The summed E-state index contributed by atoms with van der Waals surface area (Å²) in [5.41, 5.74) is 2.50. The monoisotopic (exact) mass is 292 g/mol. The maximum Gasteiger partial charge on any atom is 0.415 e. The molecule has 5 heteroatoms. The number of rotatable bonds is 1. The third kappa shape index (κ3) is 3.48. The fourth-order valence-corrected chi connectivity index (χ4v) is 2.39. The second-order valence-electron chi connectivity index (χ2n) is 7.08. The van der Waals surface area contributed by atoms with Gasteiger partial charge in [-0.1, -0.05) is 5.73 Å². The molecule has 116 valence electrons. The molecule has 0 aromatic carbocycles. The molecule has 1 saturated carbocycles. The van der Waals surface area contributed by atoms with Crippen molar-refractivity contribution in [2.75, 3.05) is 20.6 Å². The minimum absolute atomic E-state index is 0.0257. The van der Waals surface area contributed by atoms with Gasteiger partial charge in [0.2, 0.25) is 0 Å². The van der Waals surface area contributed by atoms with Crippen LogP contribution in [0.2, 0.25) is 0 Å². The Bertz CT molecular complexity index is 518. The zero-order valence-electron chi connectivity index (χ0n) is 13.5. The van der Waals surface area contributed by atoms with Crippen LogP contribution in [0.3, 0.4) is 0 Å². The Balaban J connectivity index is 2.29. The minimum Gasteiger partial charge on any atom is -0.443 e. The number of hydrogen-bond donors (Lipinski definition) is 0. The summed E-state index contributed by atoms with van der Waals surface area (Å²) in [5, 5.41) is 0. The SMILES string of the molecule is CN(C)C=C=C1C(=O)C2(CCN1C(=O)OC(C)(C)C)CC2. The third-order valence-corrected chi connectivity index (χ3v) is 3.71. The standard InChI is InChI=1S/C16H24N2O3/c1-15(2,3)21-14(20)18-11-9-16(7-8-16)13(19)12(18)6-10-17(4)5/h10H,7-9,11H2,1-5H3. The molecule has 1 amide bonds. The summed E-state index contributed by atoms with van der Waals surface area (Å²) < 4.78 is 5.40. The van der Waals surface area contributed by atoms with Gasteiger partial charge in [0.1, 0.15) is 11.3 Å². The maximum absolute atomic E-state index is 12.6. The molecule has 1 spiro atoms. The highest BCUT2D eigenvalue weighted by molar-refractivity contribution is 6.04. The topological polar surface area (TPSA) is 49.9 Å². The van der Waals surface area contributed by atoms with Crippen LogP contribution in [0.4, 0.5) is 4.79 Å². The first-order chi connectivity index (χ1) is 9.65. The summed E-state index contributed by atoms with van der Waals surface area (Å²) >= 11 is 0. The second kappa shape index (κ2) is 5.23. The number of ether oxygens (including phenoxy) is 1. The van der Waals surface area contributed by atoms with Crippen molar-refractivity contribution in [2.24, 2.45) is 5.41 Å². The van der Waals surface area contributed by atoms with Crippen molar-refractivity contribution in [1.82, 2.24) is 9.80 Å². The molecule has 0 N–H and O–H groups in total. The molecule has 0 aromatic heterocycles. The lowest BCUT2D eigenvalue weighted by Gasteiger charge is -2.33. The average molecular weight is 292 g/mol. The van der Waals surface area contributed by atoms with Gasteiger partial charge in [0, 0.05) is 32.3 Å². The smallest absolute Gasteiger partial charge is 0.415 e. The Labute approximate surface area is 126 Å². The minimum atomic E-state index is -0.578. The van der Waals surface area contributed by atoms with Crippen molar-refractivity contribution in [1.29, 1.82) is 0 Å². The molecule has 2 fully saturated rings. The van der Waals surface area contributed by atoms with Crippen LogP contribution in [0.25, 0.3) is 0 Å². The van der Waals surface area contributed by atoms with Crippen molar-refractivity contribution in [2.45, 2.75) is 45.6 Å². The highest BCUT2D eigenvalue weighted by atomic mass is 16.6. The molecular weight excluding hydrogens is 268 g/mol. The predicted octanol–water partition coefficient (Wildman–Crippen LogP) is 2.53. The number of ketones is 1. The molecule has 21 heavy (non-hydrogen) atoms. The van der Waals surface area contributed by atoms with E-state index in [1.807, 2.05) is 34.9 Å². The number of allylic oxidation sites excluding steroid dienone is 1. The Morgan fingerprint density at radius 2 is 1.95 bits per heavy atom. The van der Waals surface area contributed by atoms with Gasteiger partial charge in [0.25, 0.3) is 0 Å². The normalized spacial score (nSPS) is 20.1. The van der Waals surface area contributed by atoms with E-state index in [1.165, 1.54) is 4.90 Å². The molecule has 1 heterocycles. The molecule has 0 aromatic rings. The molecule has 1 saturated heterocycles. The van der Waals surface area contributed by atoms with E-state index >= 15 is 0 Å². The van der Waals surface area contributed by atoms with E-state index in [2.05, 4.69) is 5.73 Å². The first-order valence-electron chi connectivity index (χ1n) is 7.33. The maximum atomic E-state index is 12.6. The summed E-state index contributed by atoms with van der Waals surface area (Å²) in [7, 11) is 3.71. The van der Waals surface area contributed by atoms with Gasteiger partial charge in [-0.05, 0) is 40.0 Å². The van der Waals surface area contributed by atoms with Crippen molar-refractivity contribution in [3.8, 4) is 0 Å². The zero-order valence-corrected chi connectivity index (χ0v) is 13.5. The van der Waals surface area contributed by atoms with Crippen LogP contribution in [0.5, 0.6) is 0 Å². The lowest BCUT2D eigenvalue weighted by molar-refractivity contribution is -0.124. The largest absolute Gasteiger partial charge is 0.443 e. The fourth-order valence-electron chi connectivity index (χ4n) is 2.39. The molecule has 5 nitrogen and oxygen atoms in total. The number of hydrogen-bond acceptors (Lipinski definition) is 4. The van der Waals surface area contributed by atoms with E-state index in [9.17, 15) is 9.59 Å². The van der Waals surface area contributed by atoms with Gasteiger partial charge in [-0.15, -0.1) is 0 Å². The number of Topliss-reactive ketones (excluding diaryl/α,β-unsaturated/α-hetero) is 1. The van der Waals surface area contributed by atoms with Gasteiger partial charge in [0.05, 0.1) is 0 Å². The van der Waals surface area contributed by atoms with Crippen LogP contribution < -0.4 is 0 Å². The molecule has 0 unspecified atom stereocenters. The van der Waals surface area contributed by atoms with E-state index < -0.39 is 11.7 Å². The summed E-state index contributed by atoms with van der Waals surface area (Å²) in [6.45, 7) is 5.97. The summed E-state index contributed by atoms with van der Waals surface area (Å²) in [5.74, 6) is 0.0257. The van der Waals surface area contributed by atoms with Gasteiger partial charge in [0.15, 0.2) is 5.78 Å². The molecule has 0 radical (unpaired) electrons. The Hall–Kier alpha value is -1.74. The van der Waals surface area contributed by atoms with Gasteiger partial charge >= 0.3 is 6.09 Å². The first-order valence-corrected chi connectivity index (χ1v) is 7.33. The van der Waals surface area contributed by atoms with Crippen LogP contribution >= 0.6 is 0 Å². The van der Waals surface area contributed by atoms with E-state index in [-0.39, 0.29) is 11.2 Å². The van der Waals surface area contributed by atoms with Crippen LogP contribution in [0.15, 0.2) is 17.6 Å². The lowest BCUT2D eigenvalue weighted by Crippen LogP contribution is -2.45. The molecule has 0 bridgehead atoms. The van der Waals surface area contributed by atoms with Crippen LogP contribution in [0.1, 0.15) is 40.0 Å². The predicted molar refractivity (Wildman–Crippen MR) is 79.5 cm³/mol. The highest BCUT2D eigenvalue weighted by Gasteiger charge is 2.55. The van der Waals surface area contributed by atoms with E-state index in [0.29, 0.717) is 12.2 Å². The van der Waals surface area contributed by atoms with Gasteiger partial charge in [-0.25, -0.2) is 4.79 Å². The quantitative estimate of drug-likeness (QED) is 0.550. The van der Waals surface area contributed by atoms with Crippen molar-refractivity contribution >= 4 is 11.9 Å². The van der Waals surface area contributed by atoms with Crippen molar-refractivity contribution in [3.63, 3.8) is 0 Å². The van der Waals surface area contributed by atoms with E-state index in [0.717, 1.165) is 19.3 Å². The van der Waals surface area contributed by atoms with E-state index in [1.54, 1.807) is 11.1 Å². The Kier molecular flexibility index (Phi) is 3.89. The second-order valence-corrected chi connectivity index (χ2v) is 7.08. The fraction of sp³-hybridized carbons (Fsp3) is 0.688. The summed E-state index contributed by atoms with van der Waals surface area (Å²) in [6.07, 6.45) is 3.76. The lowest BCUT2D eigenvalue weighted by atomic mass is 9.90. The molecule has 0 atom stereocenters. The van der Waals surface area contributed by atoms with Gasteiger partial charge < -0.3 is 9.64 Å². The number of piperidine rings is 1. The van der Waals surface area contributed by atoms with Crippen LogP contribution in [-0.4, -0.2) is 47.9 Å². The summed E-state index contributed by atoms with van der Waals surface area (Å²) in [4.78, 5) is 28.1. The molecule has 2 aliphatic rings. The number of amides is 1. The highest BCUT2D eigenvalue weighted by Crippen LogP contribution is 2.53. The van der Waals surface area contributed by atoms with Crippen LogP contribution in [0, 0.1) is 5.41 Å². The Morgan fingerprint density at radius 1 is 1.33 bits per heavy atom. The number of likely N-dealkylation sites (tertiary alicyclic amines) is 1. The molecule has 1 aliphatic heterocycles. The molecule has 2 rings (SSSR count). The van der Waals surface area contributed by atoms with Gasteiger partial charge in [-0.3, -0.25) is 9.69 Å². The number of nitrogens with zero attached hydrogens (tertiary/aromatic N) is 2. The number of carbonyl (C=O) groups excluding carboxylic acids is 2. The third-order valence-electron chi connectivity index (χ3n) is 3.71. The number of carbonyl (C=O) groups is 2. The van der Waals surface area contributed by atoms with E-state index in [4.69, 9.17) is 4.74 Å².